The number of pyridine rings is 1. The Morgan fingerprint density at radius 3 is 2.61 bits per heavy atom. The number of hydrogen-bond acceptors (Lipinski definition) is 6. The minimum atomic E-state index is 0.229. The molecule has 1 fully saturated rings. The van der Waals surface area contributed by atoms with Gasteiger partial charge in [-0.15, -0.1) is 5.10 Å². The molecule has 1 aliphatic rings. The highest BCUT2D eigenvalue weighted by Crippen LogP contribution is 2.31. The zero-order chi connectivity index (χ0) is 22.8. The first kappa shape index (κ1) is 21.2. The first-order valence-electron chi connectivity index (χ1n) is 11.0. The van der Waals surface area contributed by atoms with Gasteiger partial charge < -0.3 is 9.80 Å². The zero-order valence-corrected chi connectivity index (χ0v) is 19.1. The molecule has 6 nitrogen and oxygen atoms in total. The molecule has 0 amide bonds. The Morgan fingerprint density at radius 1 is 1.03 bits per heavy atom. The Bertz CT molecular complexity index is 1320. The Morgan fingerprint density at radius 2 is 1.88 bits per heavy atom. The monoisotopic (exact) mass is 454 g/mol. The van der Waals surface area contributed by atoms with Crippen molar-refractivity contribution in [3.05, 3.63) is 88.7 Å². The second-order valence-corrected chi connectivity index (χ2v) is 8.76. The topological polar surface area (TPSA) is 68.9 Å². The van der Waals surface area contributed by atoms with E-state index in [0.29, 0.717) is 17.0 Å². The van der Waals surface area contributed by atoms with E-state index >= 15 is 0 Å². The lowest BCUT2D eigenvalue weighted by atomic mass is 10.0. The van der Waals surface area contributed by atoms with Crippen molar-refractivity contribution in [1.29, 1.82) is 5.26 Å². The average Bonchev–Trinajstić information content (AvgIpc) is 2.85. The van der Waals surface area contributed by atoms with Crippen LogP contribution in [0.15, 0.2) is 66.9 Å². The van der Waals surface area contributed by atoms with E-state index in [0.717, 1.165) is 47.7 Å². The maximum atomic E-state index is 9.03. The molecule has 2 aromatic heterocycles. The summed E-state index contributed by atoms with van der Waals surface area (Å²) in [6.07, 6.45) is 2.34. The van der Waals surface area contributed by atoms with Gasteiger partial charge in [-0.2, -0.15) is 10.4 Å². The van der Waals surface area contributed by atoms with Crippen LogP contribution in [-0.2, 0) is 6.42 Å². The largest absolute Gasteiger partial charge is 0.351 e. The van der Waals surface area contributed by atoms with E-state index in [1.807, 2.05) is 42.5 Å². The summed E-state index contributed by atoms with van der Waals surface area (Å²) >= 11 is 6.37. The van der Waals surface area contributed by atoms with Crippen molar-refractivity contribution in [2.45, 2.75) is 19.4 Å². The van der Waals surface area contributed by atoms with E-state index in [-0.39, 0.29) is 6.04 Å². The Kier molecular flexibility index (Phi) is 5.80. The van der Waals surface area contributed by atoms with Gasteiger partial charge in [-0.3, -0.25) is 0 Å². The third kappa shape index (κ3) is 4.33. The molecule has 1 aliphatic heterocycles. The lowest BCUT2D eigenvalue weighted by Crippen LogP contribution is -2.52. The normalized spacial score (nSPS) is 16.1. The second kappa shape index (κ2) is 9.05. The molecule has 0 aliphatic carbocycles. The first-order chi connectivity index (χ1) is 16.1. The number of halogens is 1. The fourth-order valence-electron chi connectivity index (χ4n) is 4.43. The van der Waals surface area contributed by atoms with Crippen molar-refractivity contribution >= 4 is 34.0 Å². The first-order valence-corrected chi connectivity index (χ1v) is 11.4. The Balaban J connectivity index is 1.43. The molecule has 33 heavy (non-hydrogen) atoms. The summed E-state index contributed by atoms with van der Waals surface area (Å²) in [7, 11) is 0. The van der Waals surface area contributed by atoms with Gasteiger partial charge in [0.2, 0.25) is 0 Å². The summed E-state index contributed by atoms with van der Waals surface area (Å²) in [4.78, 5) is 9.04. The van der Waals surface area contributed by atoms with E-state index in [9.17, 15) is 0 Å². The zero-order valence-electron chi connectivity index (χ0n) is 18.3. The van der Waals surface area contributed by atoms with Crippen LogP contribution in [0.4, 0.5) is 11.6 Å². The van der Waals surface area contributed by atoms with Gasteiger partial charge in [-0.1, -0.05) is 41.9 Å². The van der Waals surface area contributed by atoms with Crippen LogP contribution >= 0.6 is 11.6 Å². The van der Waals surface area contributed by atoms with E-state index in [4.69, 9.17) is 16.9 Å². The standard InChI is InChI=1S/C26H23ClN6/c1-18-17-32(11-12-33(18)25-10-7-20(15-28)16-29-25)26-22-9-8-21(27)14-23(22)24(30-31-26)13-19-5-3-2-4-6-19/h2-10,14,16,18H,11-13,17H2,1H3/t18-/m1/s1. The maximum Gasteiger partial charge on any atom is 0.159 e. The number of aromatic nitrogens is 3. The van der Waals surface area contributed by atoms with Gasteiger partial charge in [0.05, 0.1) is 11.3 Å². The number of nitriles is 1. The van der Waals surface area contributed by atoms with Crippen LogP contribution in [-0.4, -0.2) is 40.9 Å². The van der Waals surface area contributed by atoms with E-state index in [1.54, 1.807) is 6.20 Å². The van der Waals surface area contributed by atoms with Gasteiger partial charge in [0, 0.05) is 54.1 Å². The smallest absolute Gasteiger partial charge is 0.159 e. The number of rotatable bonds is 4. The third-order valence-electron chi connectivity index (χ3n) is 6.11. The van der Waals surface area contributed by atoms with E-state index in [1.165, 1.54) is 5.56 Å². The predicted octanol–water partition coefficient (Wildman–Crippen LogP) is 4.86. The van der Waals surface area contributed by atoms with Crippen LogP contribution in [0.1, 0.15) is 23.7 Å². The number of piperazine rings is 1. The highest BCUT2D eigenvalue weighted by atomic mass is 35.5. The fraction of sp³-hybridized carbons (Fsp3) is 0.231. The van der Waals surface area contributed by atoms with Crippen LogP contribution in [0.2, 0.25) is 5.02 Å². The summed E-state index contributed by atoms with van der Waals surface area (Å²) in [5.74, 6) is 1.78. The second-order valence-electron chi connectivity index (χ2n) is 8.33. The summed E-state index contributed by atoms with van der Waals surface area (Å²) in [5, 5.41) is 21.1. The molecule has 164 valence electrons. The van der Waals surface area contributed by atoms with Gasteiger partial charge >= 0.3 is 0 Å². The third-order valence-corrected chi connectivity index (χ3v) is 6.35. The van der Waals surface area contributed by atoms with E-state index in [2.05, 4.69) is 56.2 Å². The number of nitrogens with zero attached hydrogens (tertiary/aromatic N) is 6. The number of benzene rings is 2. The minimum Gasteiger partial charge on any atom is -0.351 e. The van der Waals surface area contributed by atoms with Crippen molar-refractivity contribution in [3.63, 3.8) is 0 Å². The lowest BCUT2D eigenvalue weighted by molar-refractivity contribution is 0.542. The summed E-state index contributed by atoms with van der Waals surface area (Å²) in [6, 6.07) is 22.3. The quantitative estimate of drug-likeness (QED) is 0.438. The summed E-state index contributed by atoms with van der Waals surface area (Å²) in [5.41, 5.74) is 2.69. The molecule has 7 heteroatoms. The molecule has 2 aromatic carbocycles. The van der Waals surface area contributed by atoms with E-state index < -0.39 is 0 Å². The number of fused-ring (bicyclic) bond motifs is 1. The number of anilines is 2. The van der Waals surface area contributed by atoms with Gasteiger partial charge in [0.15, 0.2) is 5.82 Å². The minimum absolute atomic E-state index is 0.229. The SMILES string of the molecule is C[C@@H]1CN(c2nnc(Cc3ccccc3)c3cc(Cl)ccc23)CCN1c1ccc(C#N)cn1. The highest BCUT2D eigenvalue weighted by molar-refractivity contribution is 6.31. The van der Waals surface area contributed by atoms with Crippen LogP contribution in [0.3, 0.4) is 0 Å². The molecule has 5 rings (SSSR count). The van der Waals surface area contributed by atoms with Gasteiger partial charge in [-0.25, -0.2) is 4.98 Å². The van der Waals surface area contributed by atoms with Crippen LogP contribution in [0.25, 0.3) is 10.8 Å². The predicted molar refractivity (Wildman–Crippen MR) is 132 cm³/mol. The molecule has 0 N–H and O–H groups in total. The number of hydrogen-bond donors (Lipinski definition) is 0. The average molecular weight is 455 g/mol. The molecule has 1 saturated heterocycles. The van der Waals surface area contributed by atoms with Crippen molar-refractivity contribution in [1.82, 2.24) is 15.2 Å². The van der Waals surface area contributed by atoms with Crippen LogP contribution < -0.4 is 9.80 Å². The van der Waals surface area contributed by atoms with Gasteiger partial charge in [0.25, 0.3) is 0 Å². The molecule has 0 bridgehead atoms. The highest BCUT2D eigenvalue weighted by Gasteiger charge is 2.27. The van der Waals surface area contributed by atoms with Crippen molar-refractivity contribution < 1.29 is 0 Å². The van der Waals surface area contributed by atoms with Crippen molar-refractivity contribution in [3.8, 4) is 6.07 Å². The Hall–Kier alpha value is -3.69. The maximum absolute atomic E-state index is 9.03. The molecular formula is C26H23ClN6. The van der Waals surface area contributed by atoms with Gasteiger partial charge in [-0.05, 0) is 42.8 Å². The van der Waals surface area contributed by atoms with Crippen LogP contribution in [0.5, 0.6) is 0 Å². The van der Waals surface area contributed by atoms with Crippen LogP contribution in [0, 0.1) is 11.3 Å². The fourth-order valence-corrected chi connectivity index (χ4v) is 4.60. The van der Waals surface area contributed by atoms with Crippen molar-refractivity contribution in [2.24, 2.45) is 0 Å². The van der Waals surface area contributed by atoms with Gasteiger partial charge in [0.1, 0.15) is 11.9 Å². The molecule has 0 unspecified atom stereocenters. The molecule has 0 saturated carbocycles. The molecule has 0 radical (unpaired) electrons. The lowest BCUT2D eigenvalue weighted by Gasteiger charge is -2.41. The molecular weight excluding hydrogens is 432 g/mol. The molecule has 4 aromatic rings. The Labute approximate surface area is 198 Å². The summed E-state index contributed by atoms with van der Waals surface area (Å²) in [6.45, 7) is 4.59. The molecule has 3 heterocycles. The summed E-state index contributed by atoms with van der Waals surface area (Å²) < 4.78 is 0. The van der Waals surface area contributed by atoms with Crippen molar-refractivity contribution in [2.75, 3.05) is 29.4 Å². The molecule has 0 spiro atoms. The molecule has 1 atom stereocenters.